The quantitative estimate of drug-likeness (QED) is 0.402. The van der Waals surface area contributed by atoms with Gasteiger partial charge in [-0.25, -0.2) is 0 Å². The van der Waals surface area contributed by atoms with Crippen molar-refractivity contribution in [1.82, 2.24) is 0 Å². The van der Waals surface area contributed by atoms with E-state index in [1.807, 2.05) is 6.92 Å². The third-order valence-corrected chi connectivity index (χ3v) is 1.30. The fourth-order valence-corrected chi connectivity index (χ4v) is 0.553. The number of carbonyl (C=O) groups is 2. The van der Waals surface area contributed by atoms with Crippen LogP contribution in [0.4, 0.5) is 0 Å². The fraction of sp³-hybridized carbons (Fsp3) is 0.750. The van der Waals surface area contributed by atoms with E-state index >= 15 is 0 Å². The van der Waals surface area contributed by atoms with Gasteiger partial charge in [-0.15, -0.1) is 0 Å². The first-order valence-electron chi connectivity index (χ1n) is 3.75. The van der Waals surface area contributed by atoms with Gasteiger partial charge in [-0.3, -0.25) is 9.59 Å². The van der Waals surface area contributed by atoms with E-state index in [1.165, 1.54) is 6.92 Å². The second kappa shape index (κ2) is 7.32. The summed E-state index contributed by atoms with van der Waals surface area (Å²) in [4.78, 5) is 21.2. The number of ether oxygens (including phenoxy) is 1. The van der Waals surface area contributed by atoms with E-state index in [0.717, 1.165) is 6.42 Å². The Morgan fingerprint density at radius 2 is 1.92 bits per heavy atom. The zero-order valence-electron chi connectivity index (χ0n) is 7.57. The molecule has 0 saturated heterocycles. The van der Waals surface area contributed by atoms with Crippen molar-refractivity contribution in [2.75, 3.05) is 0 Å². The fourth-order valence-electron chi connectivity index (χ4n) is 0.553. The summed E-state index contributed by atoms with van der Waals surface area (Å²) >= 11 is 0. The Bertz CT molecular complexity index is 156. The third kappa shape index (κ3) is 7.76. The molecule has 0 spiro atoms. The van der Waals surface area contributed by atoms with Crippen LogP contribution in [0.1, 0.15) is 33.6 Å². The summed E-state index contributed by atoms with van der Waals surface area (Å²) in [5.74, 6) is -0.579. The molecular formula is C8H14FeO3. The number of Topliss-reactive ketones (excluding diaryl/α,β-unsaturated/α-hetero) is 1. The van der Waals surface area contributed by atoms with Gasteiger partial charge >= 0.3 is 5.97 Å². The van der Waals surface area contributed by atoms with E-state index in [-0.39, 0.29) is 35.4 Å². The average molecular weight is 214 g/mol. The minimum atomic E-state index is -0.424. The summed E-state index contributed by atoms with van der Waals surface area (Å²) in [5, 5.41) is 0. The van der Waals surface area contributed by atoms with Gasteiger partial charge in [0.05, 0.1) is 6.10 Å². The maximum atomic E-state index is 10.8. The largest absolute Gasteiger partial charge is 0.462 e. The van der Waals surface area contributed by atoms with Gasteiger partial charge in [-0.1, -0.05) is 6.92 Å². The minimum absolute atomic E-state index is 0. The van der Waals surface area contributed by atoms with E-state index in [9.17, 15) is 9.59 Å². The predicted molar refractivity (Wildman–Crippen MR) is 41.1 cm³/mol. The van der Waals surface area contributed by atoms with Crippen molar-refractivity contribution in [2.45, 2.75) is 39.7 Å². The SMILES string of the molecule is CCC(C)OC(=O)CC(C)=O.[Fe]. The molecule has 1 atom stereocenters. The Morgan fingerprint density at radius 3 is 2.25 bits per heavy atom. The van der Waals surface area contributed by atoms with Crippen molar-refractivity contribution >= 4 is 11.8 Å². The normalized spacial score (nSPS) is 11.2. The molecular weight excluding hydrogens is 200 g/mol. The molecule has 0 aromatic rings. The van der Waals surface area contributed by atoms with Crippen molar-refractivity contribution in [1.29, 1.82) is 0 Å². The number of ketones is 1. The first-order chi connectivity index (χ1) is 5.06. The van der Waals surface area contributed by atoms with Gasteiger partial charge in [0.1, 0.15) is 12.2 Å². The second-order valence-electron chi connectivity index (χ2n) is 2.59. The number of hydrogen-bond acceptors (Lipinski definition) is 3. The molecule has 3 nitrogen and oxygen atoms in total. The predicted octanol–water partition coefficient (Wildman–Crippen LogP) is 1.30. The molecule has 0 aromatic carbocycles. The molecule has 1 unspecified atom stereocenters. The van der Waals surface area contributed by atoms with E-state index < -0.39 is 5.97 Å². The average Bonchev–Trinajstić information content (AvgIpc) is 1.85. The van der Waals surface area contributed by atoms with Gasteiger partial charge in [0.15, 0.2) is 0 Å². The van der Waals surface area contributed by atoms with Crippen LogP contribution in [0.2, 0.25) is 0 Å². The van der Waals surface area contributed by atoms with Crippen LogP contribution in [0.3, 0.4) is 0 Å². The molecule has 72 valence electrons. The van der Waals surface area contributed by atoms with Crippen LogP contribution in [0, 0.1) is 0 Å². The number of rotatable bonds is 4. The number of hydrogen-bond donors (Lipinski definition) is 0. The van der Waals surface area contributed by atoms with Crippen LogP contribution < -0.4 is 0 Å². The van der Waals surface area contributed by atoms with E-state index in [4.69, 9.17) is 4.74 Å². The maximum absolute atomic E-state index is 10.8. The molecule has 0 radical (unpaired) electrons. The van der Waals surface area contributed by atoms with Crippen LogP contribution >= 0.6 is 0 Å². The molecule has 0 aliphatic heterocycles. The van der Waals surface area contributed by atoms with Crippen LogP contribution in [-0.4, -0.2) is 17.9 Å². The molecule has 0 saturated carbocycles. The summed E-state index contributed by atoms with van der Waals surface area (Å²) in [6.45, 7) is 5.10. The topological polar surface area (TPSA) is 43.4 Å². The smallest absolute Gasteiger partial charge is 0.313 e. The summed E-state index contributed by atoms with van der Waals surface area (Å²) in [6.07, 6.45) is 0.593. The Balaban J connectivity index is 0. The Kier molecular flexibility index (Phi) is 8.66. The maximum Gasteiger partial charge on any atom is 0.313 e. The van der Waals surface area contributed by atoms with Gasteiger partial charge < -0.3 is 4.74 Å². The summed E-state index contributed by atoms with van der Waals surface area (Å²) in [7, 11) is 0. The van der Waals surface area contributed by atoms with E-state index in [0.29, 0.717) is 0 Å². The summed E-state index contributed by atoms with van der Waals surface area (Å²) in [5.41, 5.74) is 0. The van der Waals surface area contributed by atoms with Crippen molar-refractivity contribution in [3.05, 3.63) is 0 Å². The van der Waals surface area contributed by atoms with Gasteiger partial charge in [0.25, 0.3) is 0 Å². The van der Waals surface area contributed by atoms with Gasteiger partial charge in [-0.2, -0.15) is 0 Å². The van der Waals surface area contributed by atoms with Crippen molar-refractivity contribution in [3.8, 4) is 0 Å². The van der Waals surface area contributed by atoms with Crippen LogP contribution in [0.15, 0.2) is 0 Å². The van der Waals surface area contributed by atoms with Crippen molar-refractivity contribution in [3.63, 3.8) is 0 Å². The molecule has 0 aliphatic carbocycles. The van der Waals surface area contributed by atoms with E-state index in [1.54, 1.807) is 6.92 Å². The first kappa shape index (κ1) is 14.2. The summed E-state index contributed by atoms with van der Waals surface area (Å²) in [6, 6.07) is 0. The molecule has 12 heavy (non-hydrogen) atoms. The van der Waals surface area contributed by atoms with Gasteiger partial charge in [-0.05, 0) is 20.3 Å². The third-order valence-electron chi connectivity index (χ3n) is 1.30. The molecule has 0 bridgehead atoms. The summed E-state index contributed by atoms with van der Waals surface area (Å²) < 4.78 is 4.85. The van der Waals surface area contributed by atoms with Crippen molar-refractivity contribution in [2.24, 2.45) is 0 Å². The molecule has 0 rings (SSSR count). The molecule has 0 aromatic heterocycles. The van der Waals surface area contributed by atoms with Gasteiger partial charge in [0, 0.05) is 17.1 Å². The van der Waals surface area contributed by atoms with Crippen molar-refractivity contribution < 1.29 is 31.4 Å². The molecule has 0 aliphatic rings. The van der Waals surface area contributed by atoms with Crippen LogP contribution in [0.5, 0.6) is 0 Å². The Hall–Kier alpha value is -0.341. The van der Waals surface area contributed by atoms with Crippen LogP contribution in [0.25, 0.3) is 0 Å². The zero-order chi connectivity index (χ0) is 8.85. The standard InChI is InChI=1S/C8H14O3.Fe/c1-4-7(3)11-8(10)5-6(2)9;/h7H,4-5H2,1-3H3;. The van der Waals surface area contributed by atoms with Crippen LogP contribution in [-0.2, 0) is 31.4 Å². The monoisotopic (exact) mass is 214 g/mol. The number of carbonyl (C=O) groups excluding carboxylic acids is 2. The molecule has 0 amide bonds. The number of esters is 1. The molecule has 0 fully saturated rings. The van der Waals surface area contributed by atoms with Gasteiger partial charge in [0.2, 0.25) is 0 Å². The van der Waals surface area contributed by atoms with E-state index in [2.05, 4.69) is 0 Å². The minimum Gasteiger partial charge on any atom is -0.462 e. The molecule has 4 heteroatoms. The zero-order valence-corrected chi connectivity index (χ0v) is 8.67. The Labute approximate surface area is 83.3 Å². The Morgan fingerprint density at radius 1 is 1.42 bits per heavy atom. The molecule has 0 N–H and O–H groups in total. The second-order valence-corrected chi connectivity index (χ2v) is 2.59. The molecule has 0 heterocycles. The first-order valence-corrected chi connectivity index (χ1v) is 3.75.